The smallest absolute Gasteiger partial charge is 0.231 e. The topological polar surface area (TPSA) is 85.2 Å². The SMILES string of the molecule is C=C(C)[C@H]1CC(O)C(C)C(c2noc(Cc3c(C)noc3C)n2)C1. The first-order valence-corrected chi connectivity index (χ1v) is 8.44. The normalized spacial score (nSPS) is 27.4. The fourth-order valence-electron chi connectivity index (χ4n) is 3.53. The second kappa shape index (κ2) is 6.51. The zero-order valence-corrected chi connectivity index (χ0v) is 14.7. The molecule has 2 heterocycles. The van der Waals surface area contributed by atoms with Gasteiger partial charge in [0.05, 0.1) is 18.2 Å². The quantitative estimate of drug-likeness (QED) is 0.865. The molecule has 3 unspecified atom stereocenters. The number of hydrogen-bond acceptors (Lipinski definition) is 6. The van der Waals surface area contributed by atoms with Crippen molar-refractivity contribution in [2.24, 2.45) is 11.8 Å². The molecule has 24 heavy (non-hydrogen) atoms. The van der Waals surface area contributed by atoms with E-state index in [1.807, 2.05) is 27.7 Å². The van der Waals surface area contributed by atoms with E-state index in [0.29, 0.717) is 24.1 Å². The summed E-state index contributed by atoms with van der Waals surface area (Å²) in [5.41, 5.74) is 2.93. The minimum Gasteiger partial charge on any atom is -0.393 e. The third-order valence-corrected chi connectivity index (χ3v) is 5.33. The summed E-state index contributed by atoms with van der Waals surface area (Å²) in [7, 11) is 0. The average Bonchev–Trinajstić information content (AvgIpc) is 3.12. The molecule has 0 spiro atoms. The van der Waals surface area contributed by atoms with Crippen LogP contribution < -0.4 is 0 Å². The largest absolute Gasteiger partial charge is 0.393 e. The lowest BCUT2D eigenvalue weighted by Crippen LogP contribution is -2.34. The van der Waals surface area contributed by atoms with Crippen molar-refractivity contribution >= 4 is 0 Å². The van der Waals surface area contributed by atoms with Gasteiger partial charge >= 0.3 is 0 Å². The Kier molecular flexibility index (Phi) is 4.58. The lowest BCUT2D eigenvalue weighted by molar-refractivity contribution is 0.0444. The number of rotatable bonds is 4. The third-order valence-electron chi connectivity index (χ3n) is 5.33. The summed E-state index contributed by atoms with van der Waals surface area (Å²) in [6, 6.07) is 0. The highest BCUT2D eigenvalue weighted by molar-refractivity contribution is 5.24. The first kappa shape index (κ1) is 16.9. The van der Waals surface area contributed by atoms with E-state index >= 15 is 0 Å². The van der Waals surface area contributed by atoms with Gasteiger partial charge in [-0.1, -0.05) is 29.4 Å². The van der Waals surface area contributed by atoms with Gasteiger partial charge in [-0.05, 0) is 45.4 Å². The van der Waals surface area contributed by atoms with Crippen LogP contribution in [-0.2, 0) is 6.42 Å². The molecule has 130 valence electrons. The molecule has 6 heteroatoms. The van der Waals surface area contributed by atoms with Crippen molar-refractivity contribution in [3.05, 3.63) is 40.9 Å². The summed E-state index contributed by atoms with van der Waals surface area (Å²) < 4.78 is 10.6. The van der Waals surface area contributed by atoms with Crippen LogP contribution >= 0.6 is 0 Å². The molecule has 1 aliphatic rings. The van der Waals surface area contributed by atoms with Crippen molar-refractivity contribution in [2.45, 2.75) is 59.0 Å². The predicted octanol–water partition coefficient (Wildman–Crippen LogP) is 3.33. The zero-order chi connectivity index (χ0) is 17.4. The molecule has 1 N–H and O–H groups in total. The number of aryl methyl sites for hydroxylation is 2. The van der Waals surface area contributed by atoms with Gasteiger partial charge in [-0.3, -0.25) is 0 Å². The van der Waals surface area contributed by atoms with Crippen LogP contribution in [0.4, 0.5) is 0 Å². The van der Waals surface area contributed by atoms with Crippen LogP contribution in [0.15, 0.2) is 21.2 Å². The molecule has 0 aliphatic heterocycles. The molecule has 0 radical (unpaired) electrons. The Morgan fingerprint density at radius 2 is 2.00 bits per heavy atom. The fourth-order valence-corrected chi connectivity index (χ4v) is 3.53. The molecule has 1 saturated carbocycles. The highest BCUT2D eigenvalue weighted by Crippen LogP contribution is 2.41. The number of aliphatic hydroxyl groups excluding tert-OH is 1. The number of allylic oxidation sites excluding steroid dienone is 1. The van der Waals surface area contributed by atoms with Crippen LogP contribution in [0.25, 0.3) is 0 Å². The van der Waals surface area contributed by atoms with Crippen molar-refractivity contribution < 1.29 is 14.2 Å². The number of aromatic nitrogens is 3. The van der Waals surface area contributed by atoms with E-state index in [9.17, 15) is 5.11 Å². The van der Waals surface area contributed by atoms with E-state index in [4.69, 9.17) is 9.05 Å². The molecule has 0 bridgehead atoms. The van der Waals surface area contributed by atoms with Crippen molar-refractivity contribution in [3.63, 3.8) is 0 Å². The summed E-state index contributed by atoms with van der Waals surface area (Å²) in [6.45, 7) is 11.9. The Labute approximate surface area is 141 Å². The van der Waals surface area contributed by atoms with Gasteiger partial charge in [-0.25, -0.2) is 0 Å². The van der Waals surface area contributed by atoms with Crippen molar-refractivity contribution in [1.82, 2.24) is 15.3 Å². The van der Waals surface area contributed by atoms with Gasteiger partial charge in [0, 0.05) is 11.5 Å². The van der Waals surface area contributed by atoms with Gasteiger partial charge in [0.2, 0.25) is 5.89 Å². The van der Waals surface area contributed by atoms with Crippen LogP contribution in [0.3, 0.4) is 0 Å². The van der Waals surface area contributed by atoms with Gasteiger partial charge < -0.3 is 14.2 Å². The van der Waals surface area contributed by atoms with Gasteiger partial charge in [0.15, 0.2) is 5.82 Å². The minimum absolute atomic E-state index is 0.0811. The number of aliphatic hydroxyl groups is 1. The second-order valence-electron chi connectivity index (χ2n) is 7.07. The third kappa shape index (κ3) is 3.15. The summed E-state index contributed by atoms with van der Waals surface area (Å²) in [5.74, 6) is 2.48. The lowest BCUT2D eigenvalue weighted by Gasteiger charge is -2.36. The van der Waals surface area contributed by atoms with E-state index in [0.717, 1.165) is 35.4 Å². The molecule has 1 aliphatic carbocycles. The summed E-state index contributed by atoms with van der Waals surface area (Å²) in [5, 5.41) is 18.5. The van der Waals surface area contributed by atoms with Crippen molar-refractivity contribution in [1.29, 1.82) is 0 Å². The van der Waals surface area contributed by atoms with Gasteiger partial charge in [0.1, 0.15) is 5.76 Å². The molecule has 4 atom stereocenters. The van der Waals surface area contributed by atoms with E-state index in [1.54, 1.807) is 0 Å². The maximum atomic E-state index is 10.4. The van der Waals surface area contributed by atoms with E-state index in [-0.39, 0.29) is 17.9 Å². The van der Waals surface area contributed by atoms with Crippen LogP contribution in [0.5, 0.6) is 0 Å². The van der Waals surface area contributed by atoms with E-state index in [1.165, 1.54) is 0 Å². The molecule has 0 aromatic carbocycles. The van der Waals surface area contributed by atoms with E-state index < -0.39 is 0 Å². The highest BCUT2D eigenvalue weighted by Gasteiger charge is 2.37. The molecule has 0 saturated heterocycles. The first-order chi connectivity index (χ1) is 11.4. The number of nitrogens with zero attached hydrogens (tertiary/aromatic N) is 3. The summed E-state index contributed by atoms with van der Waals surface area (Å²) >= 11 is 0. The Hall–Kier alpha value is -1.95. The molecule has 2 aromatic rings. The molecule has 2 aromatic heterocycles. The van der Waals surface area contributed by atoms with Crippen LogP contribution in [-0.4, -0.2) is 26.5 Å². The van der Waals surface area contributed by atoms with Crippen molar-refractivity contribution in [3.8, 4) is 0 Å². The zero-order valence-electron chi connectivity index (χ0n) is 14.7. The van der Waals surface area contributed by atoms with Crippen LogP contribution in [0.2, 0.25) is 0 Å². The monoisotopic (exact) mass is 331 g/mol. The maximum absolute atomic E-state index is 10.4. The van der Waals surface area contributed by atoms with E-state index in [2.05, 4.69) is 21.9 Å². The van der Waals surface area contributed by atoms with Gasteiger partial charge in [0.25, 0.3) is 0 Å². The average molecular weight is 331 g/mol. The summed E-state index contributed by atoms with van der Waals surface area (Å²) in [4.78, 5) is 4.58. The highest BCUT2D eigenvalue weighted by atomic mass is 16.5. The Bertz CT molecular complexity index is 714. The lowest BCUT2D eigenvalue weighted by atomic mass is 9.71. The minimum atomic E-state index is -0.366. The molecule has 0 amide bonds. The molecular formula is C18H25N3O3. The Morgan fingerprint density at radius 1 is 1.25 bits per heavy atom. The fraction of sp³-hybridized carbons (Fsp3) is 0.611. The van der Waals surface area contributed by atoms with Gasteiger partial charge in [-0.2, -0.15) is 4.98 Å². The van der Waals surface area contributed by atoms with Crippen molar-refractivity contribution in [2.75, 3.05) is 0 Å². The first-order valence-electron chi connectivity index (χ1n) is 8.44. The molecular weight excluding hydrogens is 306 g/mol. The Balaban J connectivity index is 1.80. The summed E-state index contributed by atoms with van der Waals surface area (Å²) in [6.07, 6.45) is 1.81. The molecule has 1 fully saturated rings. The predicted molar refractivity (Wildman–Crippen MR) is 88.5 cm³/mol. The van der Waals surface area contributed by atoms with Crippen LogP contribution in [0.1, 0.15) is 61.3 Å². The van der Waals surface area contributed by atoms with Gasteiger partial charge in [-0.15, -0.1) is 0 Å². The second-order valence-corrected chi connectivity index (χ2v) is 7.07. The van der Waals surface area contributed by atoms with Crippen LogP contribution in [0, 0.1) is 25.7 Å². The number of hydrogen-bond donors (Lipinski definition) is 1. The molecule has 3 rings (SSSR count). The molecule has 6 nitrogen and oxygen atoms in total. The Morgan fingerprint density at radius 3 is 2.62 bits per heavy atom. The maximum Gasteiger partial charge on any atom is 0.231 e. The standard InChI is InChI=1S/C18H25N3O3/c1-9(2)13-6-14(10(3)16(22)7-13)18-19-17(24-21-18)8-15-11(4)20-23-12(15)5/h10,13-14,16,22H,1,6-8H2,2-5H3/t10?,13-,14?,16?/m1/s1.